The highest BCUT2D eigenvalue weighted by molar-refractivity contribution is 5.20. The summed E-state index contributed by atoms with van der Waals surface area (Å²) in [4.78, 5) is 2.41. The highest BCUT2D eigenvalue weighted by Crippen LogP contribution is 2.27. The summed E-state index contributed by atoms with van der Waals surface area (Å²) < 4.78 is 0. The molecule has 2 aromatic rings. The zero-order valence-corrected chi connectivity index (χ0v) is 13.1. The van der Waals surface area contributed by atoms with Crippen molar-refractivity contribution < 1.29 is 5.11 Å². The van der Waals surface area contributed by atoms with Crippen molar-refractivity contribution in [3.8, 4) is 0 Å². The Morgan fingerprint density at radius 1 is 0.909 bits per heavy atom. The van der Waals surface area contributed by atoms with E-state index in [4.69, 9.17) is 0 Å². The maximum Gasteiger partial charge on any atom is 0.0707 e. The Kier molecular flexibility index (Phi) is 5.25. The van der Waals surface area contributed by atoms with Crippen LogP contribution >= 0.6 is 0 Å². The molecule has 22 heavy (non-hydrogen) atoms. The van der Waals surface area contributed by atoms with Crippen LogP contribution < -0.4 is 0 Å². The molecule has 2 nitrogen and oxygen atoms in total. The van der Waals surface area contributed by atoms with Gasteiger partial charge >= 0.3 is 0 Å². The number of nitrogens with zero attached hydrogens (tertiary/aromatic N) is 1. The van der Waals surface area contributed by atoms with Gasteiger partial charge in [0.2, 0.25) is 0 Å². The zero-order valence-electron chi connectivity index (χ0n) is 13.1. The molecule has 0 amide bonds. The van der Waals surface area contributed by atoms with E-state index in [0.29, 0.717) is 5.92 Å². The first-order valence-electron chi connectivity index (χ1n) is 8.30. The molecule has 116 valence electrons. The van der Waals surface area contributed by atoms with E-state index in [1.165, 1.54) is 24.0 Å². The van der Waals surface area contributed by atoms with Crippen LogP contribution in [0.3, 0.4) is 0 Å². The van der Waals surface area contributed by atoms with E-state index in [0.717, 1.165) is 26.1 Å². The summed E-state index contributed by atoms with van der Waals surface area (Å²) in [7, 11) is 0. The number of aliphatic hydroxyl groups excluding tert-OH is 1. The molecule has 1 N–H and O–H groups in total. The second kappa shape index (κ2) is 7.57. The van der Waals surface area contributed by atoms with Gasteiger partial charge in [-0.25, -0.2) is 0 Å². The minimum Gasteiger partial charge on any atom is -0.391 e. The Labute approximate surface area is 133 Å². The van der Waals surface area contributed by atoms with Gasteiger partial charge in [0.05, 0.1) is 6.10 Å². The number of rotatable bonds is 5. The molecule has 2 heteroatoms. The number of likely N-dealkylation sites (tertiary alicyclic amines) is 1. The summed E-state index contributed by atoms with van der Waals surface area (Å²) >= 11 is 0. The van der Waals surface area contributed by atoms with Crippen molar-refractivity contribution >= 4 is 0 Å². The Morgan fingerprint density at radius 2 is 1.50 bits per heavy atom. The fraction of sp³-hybridized carbons (Fsp3) is 0.400. The van der Waals surface area contributed by atoms with Crippen molar-refractivity contribution in [3.05, 3.63) is 71.8 Å². The minimum absolute atomic E-state index is 0.268. The molecule has 1 atom stereocenters. The van der Waals surface area contributed by atoms with Crippen LogP contribution in [0.5, 0.6) is 0 Å². The number of hydrogen-bond acceptors (Lipinski definition) is 2. The van der Waals surface area contributed by atoms with Crippen LogP contribution in [-0.2, 0) is 6.42 Å². The van der Waals surface area contributed by atoms with Gasteiger partial charge in [0.25, 0.3) is 0 Å². The summed E-state index contributed by atoms with van der Waals surface area (Å²) in [6.07, 6.45) is 2.87. The number of benzene rings is 2. The lowest BCUT2D eigenvalue weighted by Gasteiger charge is -2.33. The highest BCUT2D eigenvalue weighted by Gasteiger charge is 2.21. The van der Waals surface area contributed by atoms with Crippen LogP contribution in [0, 0.1) is 0 Å². The first-order chi connectivity index (χ1) is 10.8. The third kappa shape index (κ3) is 4.19. The highest BCUT2D eigenvalue weighted by atomic mass is 16.3. The summed E-state index contributed by atoms with van der Waals surface area (Å²) in [6, 6.07) is 21.1. The molecule has 3 rings (SSSR count). The second-order valence-electron chi connectivity index (χ2n) is 6.33. The molecule has 1 fully saturated rings. The van der Waals surface area contributed by atoms with E-state index in [2.05, 4.69) is 47.4 Å². The van der Waals surface area contributed by atoms with Crippen molar-refractivity contribution in [1.82, 2.24) is 4.90 Å². The van der Waals surface area contributed by atoms with Gasteiger partial charge in [-0.3, -0.25) is 0 Å². The normalized spacial score (nSPS) is 18.2. The van der Waals surface area contributed by atoms with Crippen molar-refractivity contribution in [3.63, 3.8) is 0 Å². The molecule has 1 heterocycles. The van der Waals surface area contributed by atoms with Crippen LogP contribution in [0.15, 0.2) is 60.7 Å². The maximum absolute atomic E-state index is 10.3. The number of hydrogen-bond donors (Lipinski definition) is 1. The van der Waals surface area contributed by atoms with Gasteiger partial charge in [-0.15, -0.1) is 0 Å². The molecule has 1 aliphatic rings. The predicted molar refractivity (Wildman–Crippen MR) is 91.0 cm³/mol. The Bertz CT molecular complexity index is 546. The molecular formula is C20H25NO. The average molecular weight is 295 g/mol. The second-order valence-corrected chi connectivity index (χ2v) is 6.33. The largest absolute Gasteiger partial charge is 0.391 e. The van der Waals surface area contributed by atoms with Crippen molar-refractivity contribution in [1.29, 1.82) is 0 Å². The maximum atomic E-state index is 10.3. The van der Waals surface area contributed by atoms with E-state index in [1.807, 2.05) is 18.2 Å². The quantitative estimate of drug-likeness (QED) is 0.913. The van der Waals surface area contributed by atoms with Crippen molar-refractivity contribution in [2.45, 2.75) is 31.3 Å². The smallest absolute Gasteiger partial charge is 0.0707 e. The summed E-state index contributed by atoms with van der Waals surface area (Å²) in [5, 5.41) is 10.3. The Morgan fingerprint density at radius 3 is 2.14 bits per heavy atom. The van der Waals surface area contributed by atoms with Gasteiger partial charge < -0.3 is 10.0 Å². The van der Waals surface area contributed by atoms with Gasteiger partial charge in [0, 0.05) is 6.54 Å². The number of piperidine rings is 1. The molecule has 1 unspecified atom stereocenters. The van der Waals surface area contributed by atoms with Crippen molar-refractivity contribution in [2.24, 2.45) is 0 Å². The molecule has 0 bridgehead atoms. The van der Waals surface area contributed by atoms with Crippen LogP contribution in [0.1, 0.15) is 29.9 Å². The first kappa shape index (κ1) is 15.3. The molecule has 2 aromatic carbocycles. The zero-order chi connectivity index (χ0) is 15.2. The lowest BCUT2D eigenvalue weighted by Crippen LogP contribution is -2.39. The van der Waals surface area contributed by atoms with Gasteiger partial charge in [0.15, 0.2) is 0 Å². The number of β-amino-alcohol motifs (C(OH)–C–C–N with tert-alkyl or cyclic N) is 1. The van der Waals surface area contributed by atoms with Crippen molar-refractivity contribution in [2.75, 3.05) is 19.6 Å². The molecule has 0 spiro atoms. The molecule has 0 saturated carbocycles. The topological polar surface area (TPSA) is 23.5 Å². The van der Waals surface area contributed by atoms with Crippen LogP contribution in [0.2, 0.25) is 0 Å². The van der Waals surface area contributed by atoms with E-state index in [9.17, 15) is 5.11 Å². The van der Waals surface area contributed by atoms with E-state index in [-0.39, 0.29) is 6.10 Å². The van der Waals surface area contributed by atoms with Gasteiger partial charge in [-0.05, 0) is 49.4 Å². The molecule has 0 radical (unpaired) electrons. The molecule has 0 aromatic heterocycles. The average Bonchev–Trinajstić information content (AvgIpc) is 2.57. The SMILES string of the molecule is OC(Cc1ccccc1)CN1CCC(c2ccccc2)CC1. The van der Waals surface area contributed by atoms with E-state index < -0.39 is 0 Å². The van der Waals surface area contributed by atoms with E-state index >= 15 is 0 Å². The molecular weight excluding hydrogens is 270 g/mol. The van der Waals surface area contributed by atoms with Crippen LogP contribution in [0.25, 0.3) is 0 Å². The lowest BCUT2D eigenvalue weighted by molar-refractivity contribution is 0.0972. The summed E-state index contributed by atoms with van der Waals surface area (Å²) in [5.74, 6) is 0.684. The van der Waals surface area contributed by atoms with Crippen LogP contribution in [-0.4, -0.2) is 35.7 Å². The molecule has 1 aliphatic heterocycles. The monoisotopic (exact) mass is 295 g/mol. The van der Waals surface area contributed by atoms with Gasteiger partial charge in [0.1, 0.15) is 0 Å². The molecule has 0 aliphatic carbocycles. The number of aliphatic hydroxyl groups is 1. The first-order valence-corrected chi connectivity index (χ1v) is 8.30. The fourth-order valence-electron chi connectivity index (χ4n) is 3.42. The van der Waals surface area contributed by atoms with E-state index in [1.54, 1.807) is 0 Å². The fourth-order valence-corrected chi connectivity index (χ4v) is 3.42. The Balaban J connectivity index is 1.46. The standard InChI is InChI=1S/C20H25NO/c22-20(15-17-7-3-1-4-8-17)16-21-13-11-19(12-14-21)18-9-5-2-6-10-18/h1-10,19-20,22H,11-16H2. The van der Waals surface area contributed by atoms with Crippen LogP contribution in [0.4, 0.5) is 0 Å². The minimum atomic E-state index is -0.268. The third-order valence-corrected chi connectivity index (χ3v) is 4.64. The summed E-state index contributed by atoms with van der Waals surface area (Å²) in [5.41, 5.74) is 2.68. The summed E-state index contributed by atoms with van der Waals surface area (Å²) in [6.45, 7) is 2.97. The van der Waals surface area contributed by atoms with Gasteiger partial charge in [-0.1, -0.05) is 60.7 Å². The lowest BCUT2D eigenvalue weighted by atomic mass is 9.89. The predicted octanol–water partition coefficient (Wildman–Crippen LogP) is 3.47. The third-order valence-electron chi connectivity index (χ3n) is 4.64. The molecule has 1 saturated heterocycles. The van der Waals surface area contributed by atoms with Gasteiger partial charge in [-0.2, -0.15) is 0 Å². The Hall–Kier alpha value is -1.64.